The van der Waals surface area contributed by atoms with Gasteiger partial charge in [0.25, 0.3) is 0 Å². The Morgan fingerprint density at radius 2 is 2.24 bits per heavy atom. The summed E-state index contributed by atoms with van der Waals surface area (Å²) in [6.45, 7) is 1.12. The monoisotopic (exact) mass is 281 g/mol. The van der Waals surface area contributed by atoms with Crippen molar-refractivity contribution in [2.45, 2.75) is 30.4 Å². The Bertz CT molecular complexity index is 705. The summed E-state index contributed by atoms with van der Waals surface area (Å²) in [4.78, 5) is 2.49. The highest BCUT2D eigenvalue weighted by Crippen LogP contribution is 2.60. The molecule has 1 aromatic rings. The van der Waals surface area contributed by atoms with Crippen molar-refractivity contribution in [1.82, 2.24) is 4.90 Å². The van der Waals surface area contributed by atoms with E-state index in [0.717, 1.165) is 30.9 Å². The van der Waals surface area contributed by atoms with E-state index in [1.165, 1.54) is 16.7 Å². The highest BCUT2D eigenvalue weighted by atomic mass is 16.5. The van der Waals surface area contributed by atoms with Gasteiger partial charge in [0, 0.05) is 11.6 Å². The molecule has 2 unspecified atom stereocenters. The maximum Gasteiger partial charge on any atom is 0.169 e. The Hall–Kier alpha value is -1.74. The van der Waals surface area contributed by atoms with E-state index >= 15 is 0 Å². The fourth-order valence-electron chi connectivity index (χ4n) is 4.92. The molecule has 4 aliphatic rings. The molecule has 3 nitrogen and oxygen atoms in total. The van der Waals surface area contributed by atoms with Crippen molar-refractivity contribution in [1.29, 1.82) is 0 Å². The van der Waals surface area contributed by atoms with Crippen LogP contribution in [-0.4, -0.2) is 37.7 Å². The van der Waals surface area contributed by atoms with Gasteiger partial charge in [-0.1, -0.05) is 18.2 Å². The van der Waals surface area contributed by atoms with E-state index in [1.807, 2.05) is 0 Å². The summed E-state index contributed by atoms with van der Waals surface area (Å²) in [6, 6.07) is 7.03. The number of likely N-dealkylation sites (N-methyl/N-ethyl adjacent to an activating group) is 1. The fourth-order valence-corrected chi connectivity index (χ4v) is 4.92. The van der Waals surface area contributed by atoms with Crippen LogP contribution >= 0.6 is 0 Å². The lowest BCUT2D eigenvalue weighted by Gasteiger charge is -2.52. The summed E-state index contributed by atoms with van der Waals surface area (Å²) in [6.07, 6.45) is 6.64. The van der Waals surface area contributed by atoms with E-state index in [1.54, 1.807) is 7.11 Å². The van der Waals surface area contributed by atoms with Crippen LogP contribution in [0.3, 0.4) is 0 Å². The first-order valence-corrected chi connectivity index (χ1v) is 7.71. The van der Waals surface area contributed by atoms with E-state index in [9.17, 15) is 0 Å². The van der Waals surface area contributed by atoms with Gasteiger partial charge in [0.2, 0.25) is 0 Å². The maximum atomic E-state index is 6.36. The minimum atomic E-state index is 0.0153. The average molecular weight is 281 g/mol. The van der Waals surface area contributed by atoms with E-state index in [4.69, 9.17) is 9.47 Å². The number of ether oxygens (including phenoxy) is 2. The first-order valence-electron chi connectivity index (χ1n) is 7.71. The van der Waals surface area contributed by atoms with Crippen molar-refractivity contribution in [3.63, 3.8) is 0 Å². The maximum absolute atomic E-state index is 6.36. The number of allylic oxidation sites excluding steroid dienone is 2. The van der Waals surface area contributed by atoms with Crippen LogP contribution < -0.4 is 4.74 Å². The predicted octanol–water partition coefficient (Wildman–Crippen LogP) is 2.42. The van der Waals surface area contributed by atoms with Gasteiger partial charge in [0.05, 0.1) is 12.5 Å². The van der Waals surface area contributed by atoms with Gasteiger partial charge in [-0.25, -0.2) is 0 Å². The molecule has 0 saturated carbocycles. The van der Waals surface area contributed by atoms with Gasteiger partial charge < -0.3 is 9.47 Å². The largest absolute Gasteiger partial charge is 0.497 e. The van der Waals surface area contributed by atoms with Crippen LogP contribution in [0.1, 0.15) is 17.5 Å². The van der Waals surface area contributed by atoms with Crippen LogP contribution in [0.5, 0.6) is 5.75 Å². The summed E-state index contributed by atoms with van der Waals surface area (Å²) < 4.78 is 12.0. The Morgan fingerprint density at radius 3 is 3.10 bits per heavy atom. The number of hydrogen-bond donors (Lipinski definition) is 0. The lowest BCUT2D eigenvalue weighted by molar-refractivity contribution is 0.0743. The summed E-state index contributed by atoms with van der Waals surface area (Å²) in [5.74, 6) is 2.03. The molecule has 2 bridgehead atoms. The third-order valence-corrected chi connectivity index (χ3v) is 5.85. The molecule has 5 rings (SSSR count). The molecule has 2 aliphatic carbocycles. The zero-order chi connectivity index (χ0) is 14.2. The van der Waals surface area contributed by atoms with Crippen LogP contribution in [0.4, 0.5) is 0 Å². The second-order valence-corrected chi connectivity index (χ2v) is 6.61. The zero-order valence-corrected chi connectivity index (χ0v) is 12.4. The third-order valence-electron chi connectivity index (χ3n) is 5.85. The molecule has 0 radical (unpaired) electrons. The van der Waals surface area contributed by atoms with E-state index in [2.05, 4.69) is 42.3 Å². The molecule has 21 heavy (non-hydrogen) atoms. The van der Waals surface area contributed by atoms with Crippen LogP contribution in [0.15, 0.2) is 41.7 Å². The van der Waals surface area contributed by atoms with E-state index in [0.29, 0.717) is 6.04 Å². The molecule has 1 aromatic carbocycles. The predicted molar refractivity (Wildman–Crippen MR) is 80.5 cm³/mol. The number of rotatable bonds is 1. The van der Waals surface area contributed by atoms with Gasteiger partial charge >= 0.3 is 0 Å². The van der Waals surface area contributed by atoms with Gasteiger partial charge in [-0.15, -0.1) is 0 Å². The summed E-state index contributed by atoms with van der Waals surface area (Å²) in [5, 5.41) is 0. The van der Waals surface area contributed by atoms with Gasteiger partial charge in [-0.05, 0) is 49.7 Å². The Balaban J connectivity index is 1.85. The number of methoxy groups -OCH3 is 1. The van der Waals surface area contributed by atoms with E-state index in [-0.39, 0.29) is 11.5 Å². The number of piperidine rings is 1. The third kappa shape index (κ3) is 1.21. The molecular formula is C18H19NO2. The average Bonchev–Trinajstić information content (AvgIpc) is 2.84. The normalized spacial score (nSPS) is 35.5. The number of benzene rings is 1. The molecule has 2 heterocycles. The Kier molecular flexibility index (Phi) is 2.10. The molecule has 1 spiro atoms. The van der Waals surface area contributed by atoms with Gasteiger partial charge in [0.1, 0.15) is 11.5 Å². The Morgan fingerprint density at radius 1 is 1.33 bits per heavy atom. The van der Waals surface area contributed by atoms with Gasteiger partial charge in [-0.3, -0.25) is 4.90 Å². The second-order valence-electron chi connectivity index (χ2n) is 6.61. The highest BCUT2D eigenvalue weighted by molar-refractivity contribution is 5.63. The zero-order valence-electron chi connectivity index (χ0n) is 12.4. The first kappa shape index (κ1) is 11.9. The molecule has 3 heteroatoms. The number of likely N-dealkylation sites (tertiary alicyclic amines) is 1. The van der Waals surface area contributed by atoms with Crippen molar-refractivity contribution in [3.8, 4) is 5.75 Å². The van der Waals surface area contributed by atoms with Gasteiger partial charge in [0.15, 0.2) is 6.10 Å². The lowest BCUT2D eigenvalue weighted by Crippen LogP contribution is -2.58. The molecule has 1 saturated heterocycles. The molecule has 108 valence electrons. The summed E-state index contributed by atoms with van der Waals surface area (Å²) >= 11 is 0. The minimum Gasteiger partial charge on any atom is -0.497 e. The van der Waals surface area contributed by atoms with Crippen LogP contribution in [0.25, 0.3) is 0 Å². The van der Waals surface area contributed by atoms with Crippen molar-refractivity contribution >= 4 is 0 Å². The highest BCUT2D eigenvalue weighted by Gasteiger charge is 2.61. The topological polar surface area (TPSA) is 21.7 Å². The van der Waals surface area contributed by atoms with Crippen LogP contribution in [0, 0.1) is 0 Å². The fraction of sp³-hybridized carbons (Fsp3) is 0.444. The molecule has 0 N–H and O–H groups in total. The summed E-state index contributed by atoms with van der Waals surface area (Å²) in [5.41, 5.74) is 4.44. The molecular weight excluding hydrogens is 262 g/mol. The molecule has 1 fully saturated rings. The standard InChI is InChI=1S/C18H19NO2/c1-19-9-8-18-12-6-7-15(20-2)17(18)21-14-5-3-4-11(16(14)18)10-13(12)19/h3-7,13,17H,8-10H2,1-2H3/t13?,17-,18?/m0/s1. The smallest absolute Gasteiger partial charge is 0.169 e. The van der Waals surface area contributed by atoms with Crippen LogP contribution in [-0.2, 0) is 16.6 Å². The number of nitrogens with zero attached hydrogens (tertiary/aromatic N) is 1. The van der Waals surface area contributed by atoms with Crippen molar-refractivity contribution in [3.05, 3.63) is 52.8 Å². The molecule has 0 amide bonds. The molecule has 2 aliphatic heterocycles. The van der Waals surface area contributed by atoms with Crippen molar-refractivity contribution in [2.75, 3.05) is 20.7 Å². The van der Waals surface area contributed by atoms with E-state index < -0.39 is 0 Å². The van der Waals surface area contributed by atoms with Gasteiger partial charge in [-0.2, -0.15) is 0 Å². The summed E-state index contributed by atoms with van der Waals surface area (Å²) in [7, 11) is 4.00. The Labute approximate surface area is 124 Å². The quantitative estimate of drug-likeness (QED) is 0.789. The minimum absolute atomic E-state index is 0.0153. The lowest BCUT2D eigenvalue weighted by atomic mass is 9.57. The first-order chi connectivity index (χ1) is 10.3. The SMILES string of the molecule is COC1=CC=C2C3Cc4cccc5c4C2(CCN3C)[C@H]1O5. The van der Waals surface area contributed by atoms with Crippen LogP contribution in [0.2, 0.25) is 0 Å². The van der Waals surface area contributed by atoms with Crippen molar-refractivity contribution in [2.24, 2.45) is 0 Å². The van der Waals surface area contributed by atoms with Crippen molar-refractivity contribution < 1.29 is 9.47 Å². The second kappa shape index (κ2) is 3.72. The molecule has 3 atom stereocenters. The number of hydrogen-bond acceptors (Lipinski definition) is 3. The molecule has 0 aromatic heterocycles.